The van der Waals surface area contributed by atoms with Gasteiger partial charge in [0.05, 0.1) is 5.75 Å². The number of carboxylic acids is 1. The lowest BCUT2D eigenvalue weighted by atomic mass is 9.84. The maximum atomic E-state index is 11.7. The predicted molar refractivity (Wildman–Crippen MR) is 77.3 cm³/mol. The van der Waals surface area contributed by atoms with Crippen molar-refractivity contribution in [1.82, 2.24) is 5.32 Å². The van der Waals surface area contributed by atoms with Crippen LogP contribution in [-0.2, 0) is 14.4 Å². The van der Waals surface area contributed by atoms with Crippen LogP contribution in [0.1, 0.15) is 38.5 Å². The molecule has 1 unspecified atom stereocenters. The Balaban J connectivity index is 2.35. The Morgan fingerprint density at radius 1 is 1.25 bits per heavy atom. The third kappa shape index (κ3) is 6.27. The summed E-state index contributed by atoms with van der Waals surface area (Å²) in [7, 11) is 0. The molecule has 1 aliphatic rings. The molecular formula is C13H22N2O4S. The molecule has 1 fully saturated rings. The van der Waals surface area contributed by atoms with E-state index >= 15 is 0 Å². The molecule has 0 aliphatic heterocycles. The maximum Gasteiger partial charge on any atom is 0.326 e. The lowest BCUT2D eigenvalue weighted by Gasteiger charge is -2.28. The standard InChI is InChI=1S/C13H22N2O4S/c14-10(16)8-20-7-6-11(17)15-12(13(18)19)9-4-2-1-3-5-9/h9,12H,1-8H2,(H2,14,16)(H,15,17)(H,18,19). The van der Waals surface area contributed by atoms with E-state index in [0.29, 0.717) is 5.75 Å². The van der Waals surface area contributed by atoms with Crippen molar-refractivity contribution in [2.75, 3.05) is 11.5 Å². The molecule has 7 heteroatoms. The summed E-state index contributed by atoms with van der Waals surface area (Å²) >= 11 is 1.28. The van der Waals surface area contributed by atoms with Crippen molar-refractivity contribution in [2.24, 2.45) is 11.7 Å². The van der Waals surface area contributed by atoms with E-state index in [1.807, 2.05) is 0 Å². The van der Waals surface area contributed by atoms with Crippen LogP contribution in [0.4, 0.5) is 0 Å². The molecule has 4 N–H and O–H groups in total. The number of rotatable bonds is 8. The summed E-state index contributed by atoms with van der Waals surface area (Å²) in [6.07, 6.45) is 5.11. The number of primary amides is 1. The summed E-state index contributed by atoms with van der Waals surface area (Å²) in [5.41, 5.74) is 4.99. The molecular weight excluding hydrogens is 280 g/mol. The van der Waals surface area contributed by atoms with Crippen molar-refractivity contribution in [3.63, 3.8) is 0 Å². The van der Waals surface area contributed by atoms with Crippen molar-refractivity contribution in [3.8, 4) is 0 Å². The zero-order chi connectivity index (χ0) is 15.0. The largest absolute Gasteiger partial charge is 0.480 e. The number of nitrogens with two attached hydrogens (primary N) is 1. The summed E-state index contributed by atoms with van der Waals surface area (Å²) in [6, 6.07) is -0.788. The molecule has 0 aromatic rings. The van der Waals surface area contributed by atoms with E-state index in [1.54, 1.807) is 0 Å². The van der Waals surface area contributed by atoms with Gasteiger partial charge >= 0.3 is 5.97 Å². The van der Waals surface area contributed by atoms with Crippen LogP contribution in [0.2, 0.25) is 0 Å². The minimum Gasteiger partial charge on any atom is -0.480 e. The molecule has 114 valence electrons. The fraction of sp³-hybridized carbons (Fsp3) is 0.769. The van der Waals surface area contributed by atoms with Crippen molar-refractivity contribution in [1.29, 1.82) is 0 Å². The van der Waals surface area contributed by atoms with Gasteiger partial charge in [-0.25, -0.2) is 4.79 Å². The number of carbonyl (C=O) groups is 3. The quantitative estimate of drug-likeness (QED) is 0.573. The van der Waals surface area contributed by atoms with Gasteiger partial charge in [0.1, 0.15) is 6.04 Å². The highest BCUT2D eigenvalue weighted by Crippen LogP contribution is 2.26. The molecule has 0 bridgehead atoms. The van der Waals surface area contributed by atoms with Gasteiger partial charge in [-0.1, -0.05) is 19.3 Å². The summed E-state index contributed by atoms with van der Waals surface area (Å²) < 4.78 is 0. The van der Waals surface area contributed by atoms with Gasteiger partial charge in [-0.15, -0.1) is 0 Å². The Kier molecular flexibility index (Phi) is 7.43. The summed E-state index contributed by atoms with van der Waals surface area (Å²) in [6.45, 7) is 0. The fourth-order valence-electron chi connectivity index (χ4n) is 2.43. The molecule has 0 aromatic heterocycles. The maximum absolute atomic E-state index is 11.7. The first-order valence-electron chi connectivity index (χ1n) is 6.89. The van der Waals surface area contributed by atoms with Crippen LogP contribution >= 0.6 is 11.8 Å². The predicted octanol–water partition coefficient (Wildman–Crippen LogP) is 0.745. The Bertz CT molecular complexity index is 356. The molecule has 0 aromatic carbocycles. The number of amides is 2. The highest BCUT2D eigenvalue weighted by atomic mass is 32.2. The highest BCUT2D eigenvalue weighted by Gasteiger charge is 2.30. The van der Waals surface area contributed by atoms with Gasteiger partial charge in [0, 0.05) is 12.2 Å². The van der Waals surface area contributed by atoms with E-state index in [-0.39, 0.29) is 24.0 Å². The third-order valence-electron chi connectivity index (χ3n) is 3.42. The van der Waals surface area contributed by atoms with E-state index in [4.69, 9.17) is 5.73 Å². The summed E-state index contributed by atoms with van der Waals surface area (Å²) in [4.78, 5) is 33.6. The third-order valence-corrected chi connectivity index (χ3v) is 4.40. The molecule has 1 aliphatic carbocycles. The second kappa shape index (κ2) is 8.84. The molecule has 1 atom stereocenters. The van der Waals surface area contributed by atoms with E-state index < -0.39 is 17.9 Å². The van der Waals surface area contributed by atoms with E-state index in [1.165, 1.54) is 11.8 Å². The van der Waals surface area contributed by atoms with Crippen LogP contribution in [0, 0.1) is 5.92 Å². The molecule has 0 saturated heterocycles. The lowest BCUT2D eigenvalue weighted by molar-refractivity contribution is -0.143. The minimum absolute atomic E-state index is 0.0310. The molecule has 1 saturated carbocycles. The molecule has 1 rings (SSSR count). The van der Waals surface area contributed by atoms with Crippen LogP contribution < -0.4 is 11.1 Å². The van der Waals surface area contributed by atoms with Gasteiger partial charge in [-0.3, -0.25) is 9.59 Å². The van der Waals surface area contributed by atoms with E-state index in [2.05, 4.69) is 5.32 Å². The molecule has 2 amide bonds. The lowest BCUT2D eigenvalue weighted by Crippen LogP contribution is -2.46. The second-order valence-corrected chi connectivity index (χ2v) is 6.16. The average Bonchev–Trinajstić information content (AvgIpc) is 2.41. The normalized spacial score (nSPS) is 17.4. The Labute approximate surface area is 122 Å². The number of carboxylic acid groups (broad SMARTS) is 1. The number of hydrogen-bond donors (Lipinski definition) is 3. The van der Waals surface area contributed by atoms with Crippen molar-refractivity contribution >= 4 is 29.5 Å². The topological polar surface area (TPSA) is 109 Å². The van der Waals surface area contributed by atoms with Gasteiger partial charge in [0.2, 0.25) is 11.8 Å². The zero-order valence-electron chi connectivity index (χ0n) is 11.5. The van der Waals surface area contributed by atoms with Gasteiger partial charge < -0.3 is 16.2 Å². The first kappa shape index (κ1) is 16.8. The number of nitrogens with one attached hydrogen (secondary N) is 1. The van der Waals surface area contributed by atoms with Gasteiger partial charge in [-0.05, 0) is 18.8 Å². The Morgan fingerprint density at radius 2 is 1.90 bits per heavy atom. The minimum atomic E-state index is -0.963. The summed E-state index contributed by atoms with van der Waals surface area (Å²) in [5.74, 6) is -0.983. The van der Waals surface area contributed by atoms with E-state index in [9.17, 15) is 19.5 Å². The Hall–Kier alpha value is -1.24. The first-order chi connectivity index (χ1) is 9.50. The van der Waals surface area contributed by atoms with Gasteiger partial charge in [0.15, 0.2) is 0 Å². The summed E-state index contributed by atoms with van der Waals surface area (Å²) in [5, 5.41) is 11.8. The molecule has 0 radical (unpaired) electrons. The number of aliphatic carboxylic acids is 1. The van der Waals surface area contributed by atoms with Crippen LogP contribution in [0.15, 0.2) is 0 Å². The smallest absolute Gasteiger partial charge is 0.326 e. The Morgan fingerprint density at radius 3 is 2.45 bits per heavy atom. The fourth-order valence-corrected chi connectivity index (χ4v) is 3.11. The molecule has 0 heterocycles. The van der Waals surface area contributed by atoms with Crippen LogP contribution in [0.3, 0.4) is 0 Å². The number of hydrogen-bond acceptors (Lipinski definition) is 4. The van der Waals surface area contributed by atoms with Crippen LogP contribution in [0.5, 0.6) is 0 Å². The monoisotopic (exact) mass is 302 g/mol. The van der Waals surface area contributed by atoms with Gasteiger partial charge in [0.25, 0.3) is 0 Å². The van der Waals surface area contributed by atoms with Crippen LogP contribution in [0.25, 0.3) is 0 Å². The van der Waals surface area contributed by atoms with Crippen LogP contribution in [-0.4, -0.2) is 40.4 Å². The first-order valence-corrected chi connectivity index (χ1v) is 8.04. The molecule has 20 heavy (non-hydrogen) atoms. The zero-order valence-corrected chi connectivity index (χ0v) is 12.3. The highest BCUT2D eigenvalue weighted by molar-refractivity contribution is 7.99. The van der Waals surface area contributed by atoms with Crippen molar-refractivity contribution < 1.29 is 19.5 Å². The average molecular weight is 302 g/mol. The number of thioether (sulfide) groups is 1. The second-order valence-electron chi connectivity index (χ2n) is 5.05. The SMILES string of the molecule is NC(=O)CSCCC(=O)NC(C(=O)O)C1CCCCC1. The molecule has 0 spiro atoms. The van der Waals surface area contributed by atoms with Gasteiger partial charge in [-0.2, -0.15) is 11.8 Å². The van der Waals surface area contributed by atoms with Crippen molar-refractivity contribution in [2.45, 2.75) is 44.6 Å². The van der Waals surface area contributed by atoms with E-state index in [0.717, 1.165) is 32.1 Å². The molecule has 6 nitrogen and oxygen atoms in total. The van der Waals surface area contributed by atoms with Crippen molar-refractivity contribution in [3.05, 3.63) is 0 Å². The number of carbonyl (C=O) groups excluding carboxylic acids is 2.